The van der Waals surface area contributed by atoms with Crippen LogP contribution < -0.4 is 9.64 Å². The van der Waals surface area contributed by atoms with Crippen LogP contribution in [0.2, 0.25) is 0 Å². The molecule has 0 saturated heterocycles. The van der Waals surface area contributed by atoms with Crippen LogP contribution in [-0.2, 0) is 4.74 Å². The molecule has 0 N–H and O–H groups in total. The molecule has 0 bridgehead atoms. The van der Waals surface area contributed by atoms with Gasteiger partial charge in [0.1, 0.15) is 11.4 Å². The Bertz CT molecular complexity index is 1010. The maximum absolute atomic E-state index is 13.2. The van der Waals surface area contributed by atoms with Crippen molar-refractivity contribution in [2.24, 2.45) is 11.8 Å². The van der Waals surface area contributed by atoms with Gasteiger partial charge in [-0.25, -0.2) is 4.79 Å². The molecule has 36 heavy (non-hydrogen) atoms. The molecule has 2 aromatic rings. The van der Waals surface area contributed by atoms with E-state index in [1.54, 1.807) is 37.6 Å². The lowest BCUT2D eigenvalue weighted by atomic mass is 9.72. The van der Waals surface area contributed by atoms with Gasteiger partial charge in [0.05, 0.1) is 12.8 Å². The van der Waals surface area contributed by atoms with Crippen LogP contribution in [0.15, 0.2) is 66.9 Å². The summed E-state index contributed by atoms with van der Waals surface area (Å²) in [5.74, 6) is 0.547. The van der Waals surface area contributed by atoms with Crippen LogP contribution >= 0.6 is 0 Å². The molecule has 0 spiro atoms. The van der Waals surface area contributed by atoms with E-state index in [9.17, 15) is 14.9 Å². The second-order valence-corrected chi connectivity index (χ2v) is 10.4. The first-order valence-corrected chi connectivity index (χ1v) is 12.7. The second-order valence-electron chi connectivity index (χ2n) is 10.4. The number of hydrogen-bond acceptors (Lipinski definition) is 5. The van der Waals surface area contributed by atoms with E-state index < -0.39 is 11.7 Å². The summed E-state index contributed by atoms with van der Waals surface area (Å²) in [6, 6.07) is 17.0. The highest BCUT2D eigenvalue weighted by Crippen LogP contribution is 2.39. The summed E-state index contributed by atoms with van der Waals surface area (Å²) >= 11 is 0. The minimum Gasteiger partial charge on any atom is -0.497 e. The van der Waals surface area contributed by atoms with E-state index in [0.29, 0.717) is 11.4 Å². The second kappa shape index (κ2) is 12.6. The average Bonchev–Trinajstić information content (AvgIpc) is 2.85. The summed E-state index contributed by atoms with van der Waals surface area (Å²) in [6.07, 6.45) is 8.49. The van der Waals surface area contributed by atoms with E-state index in [-0.39, 0.29) is 29.2 Å². The van der Waals surface area contributed by atoms with Crippen molar-refractivity contribution < 1.29 is 19.2 Å². The monoisotopic (exact) mass is 494 g/mol. The summed E-state index contributed by atoms with van der Waals surface area (Å²) in [5, 5.41) is 11.8. The van der Waals surface area contributed by atoms with E-state index in [2.05, 4.69) is 0 Å². The van der Waals surface area contributed by atoms with Gasteiger partial charge in [0, 0.05) is 23.0 Å². The molecule has 1 aliphatic carbocycles. The van der Waals surface area contributed by atoms with Gasteiger partial charge in [-0.3, -0.25) is 15.0 Å². The van der Waals surface area contributed by atoms with E-state index in [0.717, 1.165) is 31.2 Å². The standard InChI is InChI=1S/C29H38N2O5/c1-29(2,3)36-28(32)30(24-15-17-25(35-4)18-16-24)20-19-26(22-11-7-5-8-12-22)27(21-31(33)34)23-13-9-6-10-14-23/h5,7-8,11-12,15-20,23,26-27H,6,9-10,13-14,21H2,1-4H3/b20-19-/t26-,27?/m1/s1. The molecule has 1 fully saturated rings. The van der Waals surface area contributed by atoms with Crippen molar-refractivity contribution in [1.82, 2.24) is 0 Å². The fourth-order valence-electron chi connectivity index (χ4n) is 4.95. The van der Waals surface area contributed by atoms with Gasteiger partial charge in [0.25, 0.3) is 0 Å². The van der Waals surface area contributed by atoms with Gasteiger partial charge in [-0.1, -0.05) is 55.7 Å². The number of anilines is 1. The summed E-state index contributed by atoms with van der Waals surface area (Å²) in [6.45, 7) is 5.36. The van der Waals surface area contributed by atoms with Crippen LogP contribution in [0.25, 0.3) is 0 Å². The zero-order valence-electron chi connectivity index (χ0n) is 21.8. The summed E-state index contributed by atoms with van der Waals surface area (Å²) in [4.78, 5) is 26.2. The first kappa shape index (κ1) is 27.2. The Kier molecular flexibility index (Phi) is 9.51. The first-order valence-electron chi connectivity index (χ1n) is 12.7. The minimum absolute atomic E-state index is 0.108. The number of amides is 1. The van der Waals surface area contributed by atoms with Gasteiger partial charge in [-0.05, 0) is 69.4 Å². The Morgan fingerprint density at radius 2 is 1.72 bits per heavy atom. The number of nitrogens with zero attached hydrogens (tertiary/aromatic N) is 2. The molecule has 1 amide bonds. The number of rotatable bonds is 9. The quantitative estimate of drug-likeness (QED) is 0.272. The highest BCUT2D eigenvalue weighted by Gasteiger charge is 2.34. The van der Waals surface area contributed by atoms with E-state index in [1.807, 2.05) is 57.2 Å². The van der Waals surface area contributed by atoms with Crippen molar-refractivity contribution >= 4 is 11.8 Å². The SMILES string of the molecule is COc1ccc(N(/C=C\[C@H](c2ccccc2)C(C[N+](=O)[O-])C2CCCCC2)C(=O)OC(C)(C)C)cc1. The van der Waals surface area contributed by atoms with Crippen LogP contribution in [0.5, 0.6) is 5.75 Å². The highest BCUT2D eigenvalue weighted by atomic mass is 16.6. The van der Waals surface area contributed by atoms with Crippen molar-refractivity contribution in [2.45, 2.75) is 64.4 Å². The first-order chi connectivity index (χ1) is 17.2. The van der Waals surface area contributed by atoms with Crippen LogP contribution in [0.4, 0.5) is 10.5 Å². The Labute approximate surface area is 214 Å². The summed E-state index contributed by atoms with van der Waals surface area (Å²) in [7, 11) is 1.59. The minimum atomic E-state index is -0.676. The molecule has 1 unspecified atom stereocenters. The van der Waals surface area contributed by atoms with Crippen molar-refractivity contribution in [3.05, 3.63) is 82.6 Å². The van der Waals surface area contributed by atoms with Gasteiger partial charge >= 0.3 is 6.09 Å². The number of ether oxygens (including phenoxy) is 2. The molecule has 0 aromatic heterocycles. The molecular formula is C29H38N2O5. The predicted molar refractivity (Wildman–Crippen MR) is 142 cm³/mol. The normalized spacial score (nSPS) is 16.3. The topological polar surface area (TPSA) is 81.9 Å². The lowest BCUT2D eigenvalue weighted by molar-refractivity contribution is -0.490. The lowest BCUT2D eigenvalue weighted by Crippen LogP contribution is -2.34. The van der Waals surface area contributed by atoms with Crippen molar-refractivity contribution in [1.29, 1.82) is 0 Å². The van der Waals surface area contributed by atoms with Gasteiger partial charge < -0.3 is 9.47 Å². The fraction of sp³-hybridized carbons (Fsp3) is 0.483. The molecule has 0 heterocycles. The van der Waals surface area contributed by atoms with Crippen LogP contribution in [0, 0.1) is 22.0 Å². The van der Waals surface area contributed by atoms with Gasteiger partial charge in [-0.2, -0.15) is 0 Å². The van der Waals surface area contributed by atoms with E-state index in [4.69, 9.17) is 9.47 Å². The Morgan fingerprint density at radius 3 is 2.28 bits per heavy atom. The number of hydrogen-bond donors (Lipinski definition) is 0. The van der Waals surface area contributed by atoms with Crippen molar-refractivity contribution in [3.8, 4) is 5.75 Å². The van der Waals surface area contributed by atoms with Gasteiger partial charge in [-0.15, -0.1) is 0 Å². The summed E-state index contributed by atoms with van der Waals surface area (Å²) in [5.41, 5.74) is 0.951. The molecule has 3 rings (SSSR count). The lowest BCUT2D eigenvalue weighted by Gasteiger charge is -2.33. The molecule has 194 valence electrons. The third kappa shape index (κ3) is 7.83. The summed E-state index contributed by atoms with van der Waals surface area (Å²) < 4.78 is 11.0. The third-order valence-corrected chi connectivity index (χ3v) is 6.64. The number of carbonyl (C=O) groups excluding carboxylic acids is 1. The molecule has 7 heteroatoms. The molecule has 0 radical (unpaired) electrons. The van der Waals surface area contributed by atoms with Crippen LogP contribution in [-0.4, -0.2) is 30.3 Å². The zero-order chi connectivity index (χ0) is 26.1. The Hall–Kier alpha value is -3.35. The van der Waals surface area contributed by atoms with Gasteiger partial charge in [0.15, 0.2) is 0 Å². The molecule has 1 saturated carbocycles. The largest absolute Gasteiger partial charge is 0.497 e. The number of nitro groups is 1. The Morgan fingerprint density at radius 1 is 1.08 bits per heavy atom. The molecule has 0 aliphatic heterocycles. The van der Waals surface area contributed by atoms with Crippen LogP contribution in [0.1, 0.15) is 64.4 Å². The number of allylic oxidation sites excluding steroid dienone is 1. The number of benzene rings is 2. The predicted octanol–water partition coefficient (Wildman–Crippen LogP) is 7.21. The van der Waals surface area contributed by atoms with Crippen molar-refractivity contribution in [3.63, 3.8) is 0 Å². The molecule has 2 atom stereocenters. The molecule has 1 aliphatic rings. The molecule has 7 nitrogen and oxygen atoms in total. The molecular weight excluding hydrogens is 456 g/mol. The van der Waals surface area contributed by atoms with E-state index >= 15 is 0 Å². The smallest absolute Gasteiger partial charge is 0.418 e. The zero-order valence-corrected chi connectivity index (χ0v) is 21.8. The van der Waals surface area contributed by atoms with Crippen molar-refractivity contribution in [2.75, 3.05) is 18.6 Å². The average molecular weight is 495 g/mol. The Balaban J connectivity index is 2.02. The maximum Gasteiger partial charge on any atom is 0.418 e. The third-order valence-electron chi connectivity index (χ3n) is 6.64. The number of methoxy groups -OCH3 is 1. The fourth-order valence-corrected chi connectivity index (χ4v) is 4.95. The van der Waals surface area contributed by atoms with Gasteiger partial charge in [0.2, 0.25) is 6.54 Å². The molecule has 2 aromatic carbocycles. The van der Waals surface area contributed by atoms with Crippen LogP contribution in [0.3, 0.4) is 0 Å². The maximum atomic E-state index is 13.2. The number of carbonyl (C=O) groups is 1. The highest BCUT2D eigenvalue weighted by molar-refractivity contribution is 5.90. The van der Waals surface area contributed by atoms with E-state index in [1.165, 1.54) is 11.3 Å².